The number of hydrogen-bond acceptors (Lipinski definition) is 3. The number of thioether (sulfide) groups is 1. The quantitative estimate of drug-likeness (QED) is 0.816. The Balaban J connectivity index is 2.14. The Morgan fingerprint density at radius 3 is 2.58 bits per heavy atom. The van der Waals surface area contributed by atoms with Crippen molar-refractivity contribution < 1.29 is 14.0 Å². The van der Waals surface area contributed by atoms with Crippen LogP contribution in [0.15, 0.2) is 47.4 Å². The number of rotatable bonds is 5. The first-order chi connectivity index (χ1) is 11.4. The van der Waals surface area contributed by atoms with Crippen LogP contribution in [0.1, 0.15) is 10.4 Å². The predicted octanol–water partition coefficient (Wildman–Crippen LogP) is 3.91. The van der Waals surface area contributed by atoms with Gasteiger partial charge >= 0.3 is 0 Å². The van der Waals surface area contributed by atoms with E-state index in [0.29, 0.717) is 16.1 Å². The van der Waals surface area contributed by atoms with Gasteiger partial charge in [-0.25, -0.2) is 4.39 Å². The molecule has 0 aliphatic heterocycles. The molecule has 0 spiro atoms. The summed E-state index contributed by atoms with van der Waals surface area (Å²) in [5, 5.41) is 2.62. The number of halogens is 2. The van der Waals surface area contributed by atoms with E-state index in [9.17, 15) is 14.0 Å². The number of carbonyl (C=O) groups excluding carboxylic acids is 2. The monoisotopic (exact) mass is 366 g/mol. The topological polar surface area (TPSA) is 49.4 Å². The molecular weight excluding hydrogens is 351 g/mol. The van der Waals surface area contributed by atoms with Gasteiger partial charge in [0.05, 0.1) is 16.3 Å². The molecule has 4 nitrogen and oxygen atoms in total. The first kappa shape index (κ1) is 18.3. The number of carbonyl (C=O) groups is 2. The summed E-state index contributed by atoms with van der Waals surface area (Å²) < 4.78 is 13.2. The van der Waals surface area contributed by atoms with Crippen molar-refractivity contribution in [1.29, 1.82) is 0 Å². The van der Waals surface area contributed by atoms with Crippen LogP contribution in [0.4, 0.5) is 10.1 Å². The van der Waals surface area contributed by atoms with Gasteiger partial charge in [0.15, 0.2) is 0 Å². The summed E-state index contributed by atoms with van der Waals surface area (Å²) >= 11 is 7.01. The third-order valence-electron chi connectivity index (χ3n) is 3.16. The molecule has 0 aliphatic rings. The third-order valence-corrected chi connectivity index (χ3v) is 4.51. The van der Waals surface area contributed by atoms with Gasteiger partial charge in [0.2, 0.25) is 5.91 Å². The van der Waals surface area contributed by atoms with Crippen molar-refractivity contribution >= 4 is 40.9 Å². The van der Waals surface area contributed by atoms with Crippen LogP contribution in [-0.2, 0) is 4.79 Å². The van der Waals surface area contributed by atoms with E-state index in [4.69, 9.17) is 11.6 Å². The van der Waals surface area contributed by atoms with E-state index in [-0.39, 0.29) is 22.6 Å². The summed E-state index contributed by atoms with van der Waals surface area (Å²) in [7, 11) is 3.36. The van der Waals surface area contributed by atoms with Crippen molar-refractivity contribution in [2.75, 3.05) is 25.2 Å². The minimum absolute atomic E-state index is 0.0412. The van der Waals surface area contributed by atoms with E-state index in [0.717, 1.165) is 0 Å². The summed E-state index contributed by atoms with van der Waals surface area (Å²) in [6.45, 7) is 0. The molecule has 126 valence electrons. The van der Waals surface area contributed by atoms with E-state index >= 15 is 0 Å². The van der Waals surface area contributed by atoms with E-state index in [1.165, 1.54) is 34.9 Å². The molecule has 2 rings (SSSR count). The van der Waals surface area contributed by atoms with Crippen LogP contribution in [0.3, 0.4) is 0 Å². The lowest BCUT2D eigenvalue weighted by Crippen LogP contribution is -2.23. The number of benzene rings is 2. The van der Waals surface area contributed by atoms with Gasteiger partial charge in [0.25, 0.3) is 5.91 Å². The molecule has 0 unspecified atom stereocenters. The summed E-state index contributed by atoms with van der Waals surface area (Å²) in [5.74, 6) is -0.703. The molecule has 24 heavy (non-hydrogen) atoms. The Morgan fingerprint density at radius 2 is 1.92 bits per heavy atom. The fraction of sp³-hybridized carbons (Fsp3) is 0.176. The van der Waals surface area contributed by atoms with Crippen LogP contribution < -0.4 is 5.32 Å². The SMILES string of the molecule is CN(C)C(=O)CSc1ccccc1C(=O)Nc1ccc(F)c(Cl)c1. The average Bonchev–Trinajstić information content (AvgIpc) is 2.56. The Labute approximate surface area is 149 Å². The molecule has 2 aromatic rings. The zero-order valence-electron chi connectivity index (χ0n) is 13.2. The van der Waals surface area contributed by atoms with Gasteiger partial charge in [-0.3, -0.25) is 9.59 Å². The number of anilines is 1. The fourth-order valence-corrected chi connectivity index (χ4v) is 3.03. The highest BCUT2D eigenvalue weighted by Crippen LogP contribution is 2.25. The minimum atomic E-state index is -0.548. The summed E-state index contributed by atoms with van der Waals surface area (Å²) in [4.78, 5) is 26.4. The highest BCUT2D eigenvalue weighted by Gasteiger charge is 2.14. The Kier molecular flexibility index (Phi) is 6.23. The Hall–Kier alpha value is -2.05. The smallest absolute Gasteiger partial charge is 0.256 e. The maximum atomic E-state index is 13.2. The van der Waals surface area contributed by atoms with E-state index in [2.05, 4.69) is 5.32 Å². The molecule has 0 radical (unpaired) electrons. The normalized spacial score (nSPS) is 10.3. The first-order valence-corrected chi connectivity index (χ1v) is 8.43. The van der Waals surface area contributed by atoms with Gasteiger partial charge in [0.1, 0.15) is 5.82 Å². The lowest BCUT2D eigenvalue weighted by atomic mass is 10.2. The summed E-state index contributed by atoms with van der Waals surface area (Å²) in [6, 6.07) is 11.0. The van der Waals surface area contributed by atoms with Gasteiger partial charge in [0, 0.05) is 24.7 Å². The molecule has 0 saturated heterocycles. The molecular formula is C17H16ClFN2O2S. The predicted molar refractivity (Wildman–Crippen MR) is 95.2 cm³/mol. The maximum absolute atomic E-state index is 13.2. The van der Waals surface area contributed by atoms with Crippen molar-refractivity contribution in [2.45, 2.75) is 4.90 Å². The second-order valence-electron chi connectivity index (χ2n) is 5.16. The molecule has 2 amide bonds. The van der Waals surface area contributed by atoms with Gasteiger partial charge < -0.3 is 10.2 Å². The van der Waals surface area contributed by atoms with Crippen LogP contribution in [-0.4, -0.2) is 36.6 Å². The largest absolute Gasteiger partial charge is 0.348 e. The van der Waals surface area contributed by atoms with E-state index < -0.39 is 5.82 Å². The molecule has 0 aromatic heterocycles. The van der Waals surface area contributed by atoms with Crippen LogP contribution in [0, 0.1) is 5.82 Å². The Bertz CT molecular complexity index is 768. The van der Waals surface area contributed by atoms with Gasteiger partial charge in [-0.1, -0.05) is 23.7 Å². The highest BCUT2D eigenvalue weighted by atomic mass is 35.5. The highest BCUT2D eigenvalue weighted by molar-refractivity contribution is 8.00. The molecule has 7 heteroatoms. The van der Waals surface area contributed by atoms with Crippen molar-refractivity contribution in [3.63, 3.8) is 0 Å². The third kappa shape index (κ3) is 4.72. The Morgan fingerprint density at radius 1 is 1.21 bits per heavy atom. The molecule has 0 bridgehead atoms. The summed E-state index contributed by atoms with van der Waals surface area (Å²) in [6.07, 6.45) is 0. The molecule has 0 fully saturated rings. The number of nitrogens with zero attached hydrogens (tertiary/aromatic N) is 1. The van der Waals surface area contributed by atoms with Crippen LogP contribution in [0.25, 0.3) is 0 Å². The van der Waals surface area contributed by atoms with Crippen molar-refractivity contribution in [3.8, 4) is 0 Å². The zero-order valence-corrected chi connectivity index (χ0v) is 14.7. The fourth-order valence-electron chi connectivity index (χ4n) is 1.82. The van der Waals surface area contributed by atoms with E-state index in [1.54, 1.807) is 38.4 Å². The van der Waals surface area contributed by atoms with Crippen LogP contribution in [0.5, 0.6) is 0 Å². The maximum Gasteiger partial charge on any atom is 0.256 e. The van der Waals surface area contributed by atoms with Crippen molar-refractivity contribution in [2.24, 2.45) is 0 Å². The van der Waals surface area contributed by atoms with Crippen molar-refractivity contribution in [1.82, 2.24) is 4.90 Å². The standard InChI is InChI=1S/C17H16ClFN2O2S/c1-21(2)16(22)10-24-15-6-4-3-5-12(15)17(23)20-11-7-8-14(19)13(18)9-11/h3-9H,10H2,1-2H3,(H,20,23). The van der Waals surface area contributed by atoms with Crippen LogP contribution in [0.2, 0.25) is 5.02 Å². The molecule has 2 aromatic carbocycles. The number of amides is 2. The second kappa shape index (κ2) is 8.17. The lowest BCUT2D eigenvalue weighted by molar-refractivity contribution is -0.125. The number of hydrogen-bond donors (Lipinski definition) is 1. The lowest BCUT2D eigenvalue weighted by Gasteiger charge is -2.12. The molecule has 0 heterocycles. The van der Waals surface area contributed by atoms with Crippen LogP contribution >= 0.6 is 23.4 Å². The van der Waals surface area contributed by atoms with Gasteiger partial charge in [-0.15, -0.1) is 11.8 Å². The average molecular weight is 367 g/mol. The first-order valence-electron chi connectivity index (χ1n) is 7.07. The van der Waals surface area contributed by atoms with E-state index in [1.807, 2.05) is 0 Å². The minimum Gasteiger partial charge on any atom is -0.348 e. The molecule has 0 saturated carbocycles. The zero-order chi connectivity index (χ0) is 17.7. The second-order valence-corrected chi connectivity index (χ2v) is 6.58. The van der Waals surface area contributed by atoms with Gasteiger partial charge in [-0.2, -0.15) is 0 Å². The molecule has 1 N–H and O–H groups in total. The molecule has 0 aliphatic carbocycles. The van der Waals surface area contributed by atoms with Crippen molar-refractivity contribution in [3.05, 3.63) is 58.9 Å². The number of nitrogens with one attached hydrogen (secondary N) is 1. The van der Waals surface area contributed by atoms with Gasteiger partial charge in [-0.05, 0) is 30.3 Å². The molecule has 0 atom stereocenters. The summed E-state index contributed by atoms with van der Waals surface area (Å²) in [5.41, 5.74) is 0.838.